The van der Waals surface area contributed by atoms with E-state index in [1.54, 1.807) is 6.92 Å². The molecule has 0 unspecified atom stereocenters. The Morgan fingerprint density at radius 2 is 0.895 bits per heavy atom. The van der Waals surface area contributed by atoms with Crippen molar-refractivity contribution < 1.29 is 47.7 Å². The van der Waals surface area contributed by atoms with E-state index in [9.17, 15) is 28.8 Å². The normalized spacial score (nSPS) is 24.9. The largest absolute Gasteiger partial charge is 0.462 e. The molecule has 0 aromatic heterocycles. The lowest BCUT2D eigenvalue weighted by Crippen LogP contribution is -2.58. The Morgan fingerprint density at radius 1 is 0.487 bits per heavy atom. The van der Waals surface area contributed by atoms with E-state index >= 15 is 0 Å². The minimum atomic E-state index is -0.834. The van der Waals surface area contributed by atoms with E-state index in [0.717, 1.165) is 116 Å². The van der Waals surface area contributed by atoms with Gasteiger partial charge in [0, 0.05) is 43.9 Å². The molecule has 8 atom stereocenters. The van der Waals surface area contributed by atoms with Gasteiger partial charge in [0.1, 0.15) is 30.9 Å². The summed E-state index contributed by atoms with van der Waals surface area (Å²) in [7, 11) is 0. The van der Waals surface area contributed by atoms with Gasteiger partial charge in [0.25, 0.3) is 0 Å². The van der Waals surface area contributed by atoms with Crippen molar-refractivity contribution in [3.05, 3.63) is 0 Å². The van der Waals surface area contributed by atoms with Crippen molar-refractivity contribution in [3.8, 4) is 0 Å². The van der Waals surface area contributed by atoms with Gasteiger partial charge in [-0.3, -0.25) is 28.8 Å². The van der Waals surface area contributed by atoms with Crippen molar-refractivity contribution in [3.63, 3.8) is 0 Å². The average molecular weight is 1070 g/mol. The summed E-state index contributed by atoms with van der Waals surface area (Å²) in [5.74, 6) is 0.782. The number of hydrogen-bond donors (Lipinski definition) is 0. The van der Waals surface area contributed by atoms with Gasteiger partial charge in [-0.05, 0) is 106 Å². The second kappa shape index (κ2) is 38.0. The number of carbonyl (C=O) groups is 6. The van der Waals surface area contributed by atoms with Crippen molar-refractivity contribution in [2.24, 2.45) is 40.4 Å². The lowest BCUT2D eigenvalue weighted by molar-refractivity contribution is -0.170. The molecular weight excluding hydrogens is 953 g/mol. The van der Waals surface area contributed by atoms with Crippen LogP contribution in [0.15, 0.2) is 0 Å². The Bertz CT molecular complexity index is 1610. The van der Waals surface area contributed by atoms with Gasteiger partial charge in [-0.25, -0.2) is 0 Å². The highest BCUT2D eigenvalue weighted by molar-refractivity contribution is 5.87. The van der Waals surface area contributed by atoms with Crippen LogP contribution >= 0.6 is 0 Å². The number of ether oxygens (including phenoxy) is 4. The lowest BCUT2D eigenvalue weighted by Gasteiger charge is -2.59. The maximum Gasteiger partial charge on any atom is 0.306 e. The first-order chi connectivity index (χ1) is 36.8. The smallest absolute Gasteiger partial charge is 0.306 e. The van der Waals surface area contributed by atoms with Crippen LogP contribution in [0.5, 0.6) is 0 Å². The van der Waals surface area contributed by atoms with E-state index in [2.05, 4.69) is 27.7 Å². The Labute approximate surface area is 464 Å². The number of rotatable bonds is 44. The van der Waals surface area contributed by atoms with Gasteiger partial charge < -0.3 is 18.9 Å². The van der Waals surface area contributed by atoms with Gasteiger partial charge in [-0.2, -0.15) is 0 Å². The zero-order chi connectivity index (χ0) is 54.9. The van der Waals surface area contributed by atoms with Crippen LogP contribution in [0.2, 0.25) is 0 Å². The molecule has 76 heavy (non-hydrogen) atoms. The number of Topliss-reactive ketones (excluding diaryl/α,β-unsaturated/α-hetero) is 2. The molecule has 10 nitrogen and oxygen atoms in total. The number of unbranched alkanes of at least 4 members (excludes halogenated alkanes) is 29. The number of fused-ring (bicyclic) bond motifs is 5. The molecule has 0 heterocycles. The summed E-state index contributed by atoms with van der Waals surface area (Å²) in [5, 5.41) is 0. The van der Waals surface area contributed by atoms with E-state index in [4.69, 9.17) is 18.9 Å². The molecule has 4 saturated carbocycles. The highest BCUT2D eigenvalue weighted by Crippen LogP contribution is 2.66. The fourth-order valence-corrected chi connectivity index (χ4v) is 14.8. The second-order valence-electron chi connectivity index (χ2n) is 25.4. The van der Waals surface area contributed by atoms with Gasteiger partial charge >= 0.3 is 23.9 Å². The summed E-state index contributed by atoms with van der Waals surface area (Å²) in [6, 6.07) is 0. The van der Waals surface area contributed by atoms with E-state index in [-0.39, 0.29) is 78.1 Å². The number of esters is 4. The first kappa shape index (κ1) is 65.7. The summed E-state index contributed by atoms with van der Waals surface area (Å²) in [6.45, 7) is 10.5. The van der Waals surface area contributed by atoms with Crippen LogP contribution < -0.4 is 0 Å². The minimum absolute atomic E-state index is 0.0159. The SMILES string of the molecule is CCCCCCCCCCCCCCCC(=O)OCC(COC(=O)CCCCCCCCCCCCCCC)OC(=O)CCCCCCCCC(=O)O[C@@H]1CC[C@@]2(C)[C@H](CC[C@H]3[C@@H]4CC[C@H](C(C)=O)[C@@]4(C)CC(=O)[C@@H]32)C1. The molecule has 0 amide bonds. The molecule has 4 aliphatic carbocycles. The van der Waals surface area contributed by atoms with Gasteiger partial charge in [0.15, 0.2) is 6.10 Å². The fraction of sp³-hybridized carbons (Fsp3) is 0.909. The Balaban J connectivity index is 1.06. The average Bonchev–Trinajstić information content (AvgIpc) is 3.85. The summed E-state index contributed by atoms with van der Waals surface area (Å²) in [5.41, 5.74) is -0.245. The first-order valence-electron chi connectivity index (χ1n) is 32.6. The molecule has 0 aliphatic heterocycles. The Morgan fingerprint density at radius 3 is 1.33 bits per heavy atom. The molecule has 0 N–H and O–H groups in total. The fourth-order valence-electron chi connectivity index (χ4n) is 14.8. The Kier molecular flexibility index (Phi) is 32.8. The number of ketones is 2. The van der Waals surface area contributed by atoms with Crippen molar-refractivity contribution in [2.75, 3.05) is 13.2 Å². The van der Waals surface area contributed by atoms with Crippen molar-refractivity contribution in [2.45, 2.75) is 329 Å². The summed E-state index contributed by atoms with van der Waals surface area (Å²) >= 11 is 0. The van der Waals surface area contributed by atoms with E-state index < -0.39 is 6.10 Å². The van der Waals surface area contributed by atoms with Gasteiger partial charge in [-0.15, -0.1) is 0 Å². The van der Waals surface area contributed by atoms with Crippen LogP contribution in [0.4, 0.5) is 0 Å². The molecule has 438 valence electrons. The van der Waals surface area contributed by atoms with Crippen LogP contribution in [0.3, 0.4) is 0 Å². The maximum absolute atomic E-state index is 14.0. The monoisotopic (exact) mass is 1070 g/mol. The molecule has 0 bridgehead atoms. The first-order valence-corrected chi connectivity index (χ1v) is 32.6. The molecule has 0 spiro atoms. The third-order valence-electron chi connectivity index (χ3n) is 19.2. The predicted molar refractivity (Wildman–Crippen MR) is 306 cm³/mol. The van der Waals surface area contributed by atoms with E-state index in [1.807, 2.05) is 0 Å². The molecule has 0 aromatic rings. The van der Waals surface area contributed by atoms with Gasteiger partial charge in [0.2, 0.25) is 0 Å². The second-order valence-corrected chi connectivity index (χ2v) is 25.4. The Hall–Kier alpha value is -2.78. The quantitative estimate of drug-likeness (QED) is 0.0329. The summed E-state index contributed by atoms with van der Waals surface area (Å²) in [4.78, 5) is 78.0. The van der Waals surface area contributed by atoms with Gasteiger partial charge in [0.05, 0.1) is 0 Å². The number of hydrogen-bond acceptors (Lipinski definition) is 10. The molecule has 4 fully saturated rings. The zero-order valence-electron chi connectivity index (χ0n) is 49.7. The molecule has 0 aromatic carbocycles. The highest BCUT2D eigenvalue weighted by Gasteiger charge is 2.64. The summed E-state index contributed by atoms with van der Waals surface area (Å²) < 4.78 is 23.0. The van der Waals surface area contributed by atoms with Crippen LogP contribution in [0.1, 0.15) is 317 Å². The minimum Gasteiger partial charge on any atom is -0.462 e. The molecule has 10 heteroatoms. The lowest BCUT2D eigenvalue weighted by atomic mass is 9.44. The highest BCUT2D eigenvalue weighted by atomic mass is 16.6. The van der Waals surface area contributed by atoms with E-state index in [1.165, 1.54) is 128 Å². The van der Waals surface area contributed by atoms with Crippen molar-refractivity contribution in [1.82, 2.24) is 0 Å². The molecule has 0 radical (unpaired) electrons. The van der Waals surface area contributed by atoms with Crippen LogP contribution in [-0.4, -0.2) is 60.9 Å². The third kappa shape index (κ3) is 23.9. The molecule has 0 saturated heterocycles. The predicted octanol–water partition coefficient (Wildman–Crippen LogP) is 17.4. The van der Waals surface area contributed by atoms with Crippen molar-refractivity contribution in [1.29, 1.82) is 0 Å². The van der Waals surface area contributed by atoms with Crippen LogP contribution in [0.25, 0.3) is 0 Å². The third-order valence-corrected chi connectivity index (χ3v) is 19.2. The molecule has 4 aliphatic rings. The standard InChI is InChI=1S/C66H114O10/c1-6-8-10-12-14-16-18-20-22-24-26-30-34-38-60(69)73-50-55(51-74-61(70)39-35-31-27-25-23-21-19-17-15-13-11-9-7-2)76-63(72)41-37-33-29-28-32-36-40-62(71)75-54-46-47-65(4)53(48-54)42-43-56-58-45-44-57(52(3)67)66(58,5)49-59(68)64(56)65/h53-58,64H,6-51H2,1-5H3/t53-,54-,56+,57-,58+,64-,65+,66-/m1/s1. The topological polar surface area (TPSA) is 139 Å². The van der Waals surface area contributed by atoms with Crippen LogP contribution in [-0.2, 0) is 47.7 Å². The van der Waals surface area contributed by atoms with Crippen LogP contribution in [0, 0.1) is 40.4 Å². The maximum atomic E-state index is 14.0. The van der Waals surface area contributed by atoms with Gasteiger partial charge in [-0.1, -0.05) is 207 Å². The van der Waals surface area contributed by atoms with E-state index in [0.29, 0.717) is 55.6 Å². The number of carbonyl (C=O) groups excluding carboxylic acids is 6. The summed E-state index contributed by atoms with van der Waals surface area (Å²) in [6.07, 6.45) is 44.8. The molecular formula is C66H114O10. The zero-order valence-corrected chi connectivity index (χ0v) is 49.7. The molecule has 4 rings (SSSR count). The van der Waals surface area contributed by atoms with Crippen molar-refractivity contribution >= 4 is 35.4 Å².